The van der Waals surface area contributed by atoms with Gasteiger partial charge in [-0.05, 0) is 12.1 Å². The summed E-state index contributed by atoms with van der Waals surface area (Å²) in [6, 6.07) is 3.86. The van der Waals surface area contributed by atoms with Crippen molar-refractivity contribution in [1.29, 1.82) is 0 Å². The normalized spacial score (nSPS) is 15.7. The largest absolute Gasteiger partial charge is 0.492 e. The fourth-order valence-electron chi connectivity index (χ4n) is 1.82. The lowest BCUT2D eigenvalue weighted by atomic mass is 10.1. The third-order valence-electron chi connectivity index (χ3n) is 2.57. The quantitative estimate of drug-likeness (QED) is 0.864. The molecule has 1 aliphatic rings. The van der Waals surface area contributed by atoms with E-state index in [2.05, 4.69) is 26.0 Å². The topological polar surface area (TPSA) is 67.4 Å². The van der Waals surface area contributed by atoms with E-state index in [9.17, 15) is 8.42 Å². The molecule has 1 aromatic rings. The Morgan fingerprint density at radius 2 is 2.28 bits per heavy atom. The minimum atomic E-state index is -3.21. The second kappa shape index (κ2) is 5.56. The van der Waals surface area contributed by atoms with Gasteiger partial charge in [0.2, 0.25) is 10.0 Å². The molecular weight excluding hydrogens is 320 g/mol. The van der Waals surface area contributed by atoms with Crippen molar-refractivity contribution in [2.75, 3.05) is 19.4 Å². The lowest BCUT2D eigenvalue weighted by molar-refractivity contribution is 0.322. The maximum Gasteiger partial charge on any atom is 0.209 e. The Labute approximate surface area is 115 Å². The Morgan fingerprint density at radius 3 is 3.00 bits per heavy atom. The van der Waals surface area contributed by atoms with Crippen molar-refractivity contribution < 1.29 is 13.2 Å². The van der Waals surface area contributed by atoms with Gasteiger partial charge in [0.1, 0.15) is 12.4 Å². The van der Waals surface area contributed by atoms with Gasteiger partial charge in [-0.3, -0.25) is 0 Å². The van der Waals surface area contributed by atoms with Gasteiger partial charge in [0.15, 0.2) is 0 Å². The number of rotatable bonds is 3. The highest BCUT2D eigenvalue weighted by molar-refractivity contribution is 9.10. The molecule has 18 heavy (non-hydrogen) atoms. The second-order valence-corrected chi connectivity index (χ2v) is 6.92. The Morgan fingerprint density at radius 1 is 1.50 bits per heavy atom. The molecule has 0 saturated heterocycles. The summed E-state index contributed by atoms with van der Waals surface area (Å²) in [6.07, 6.45) is 1.14. The summed E-state index contributed by atoms with van der Waals surface area (Å²) in [6.45, 7) is 2.33. The van der Waals surface area contributed by atoms with E-state index < -0.39 is 10.0 Å². The van der Waals surface area contributed by atoms with E-state index in [4.69, 9.17) is 4.74 Å². The Kier molecular flexibility index (Phi) is 4.26. The van der Waals surface area contributed by atoms with Crippen LogP contribution in [0.4, 0.5) is 0 Å². The SMILES string of the molecule is CS(=O)(=O)NCc1cc(Br)cc2c1OCCNC2. The molecule has 2 N–H and O–H groups in total. The van der Waals surface area contributed by atoms with Crippen LogP contribution < -0.4 is 14.8 Å². The Balaban J connectivity index is 2.31. The number of ether oxygens (including phenoxy) is 1. The number of halogens is 1. The van der Waals surface area contributed by atoms with Gasteiger partial charge in [-0.1, -0.05) is 15.9 Å². The highest BCUT2D eigenvalue weighted by Crippen LogP contribution is 2.29. The number of hydrogen-bond donors (Lipinski definition) is 2. The van der Waals surface area contributed by atoms with Gasteiger partial charge in [0.25, 0.3) is 0 Å². The van der Waals surface area contributed by atoms with E-state index in [1.54, 1.807) is 0 Å². The maximum absolute atomic E-state index is 11.1. The standard InChI is InChI=1S/C11H15BrN2O3S/c1-18(15,16)14-7-9-5-10(12)4-8-6-13-2-3-17-11(8)9/h4-5,13-14H,2-3,6-7H2,1H3. The minimum absolute atomic E-state index is 0.237. The molecule has 1 aromatic carbocycles. The molecule has 0 amide bonds. The smallest absolute Gasteiger partial charge is 0.209 e. The molecule has 0 spiro atoms. The van der Waals surface area contributed by atoms with Gasteiger partial charge in [-0.15, -0.1) is 0 Å². The molecule has 0 unspecified atom stereocenters. The summed E-state index contributed by atoms with van der Waals surface area (Å²) >= 11 is 3.43. The highest BCUT2D eigenvalue weighted by Gasteiger charge is 2.15. The van der Waals surface area contributed by atoms with E-state index in [1.807, 2.05) is 12.1 Å². The molecule has 100 valence electrons. The zero-order chi connectivity index (χ0) is 13.2. The van der Waals surface area contributed by atoms with Crippen molar-refractivity contribution in [2.45, 2.75) is 13.1 Å². The lowest BCUT2D eigenvalue weighted by Gasteiger charge is -2.13. The Bertz CT molecular complexity index is 545. The van der Waals surface area contributed by atoms with Gasteiger partial charge >= 0.3 is 0 Å². The fraction of sp³-hybridized carbons (Fsp3) is 0.455. The molecule has 7 heteroatoms. The molecular formula is C11H15BrN2O3S. The number of nitrogens with one attached hydrogen (secondary N) is 2. The number of sulfonamides is 1. The molecule has 0 aliphatic carbocycles. The first kappa shape index (κ1) is 13.8. The van der Waals surface area contributed by atoms with Crippen LogP contribution in [0.5, 0.6) is 5.75 Å². The van der Waals surface area contributed by atoms with Crippen LogP contribution in [0.3, 0.4) is 0 Å². The molecule has 2 rings (SSSR count). The van der Waals surface area contributed by atoms with Crippen LogP contribution >= 0.6 is 15.9 Å². The monoisotopic (exact) mass is 334 g/mol. The van der Waals surface area contributed by atoms with Gasteiger partial charge in [-0.2, -0.15) is 0 Å². The average molecular weight is 335 g/mol. The van der Waals surface area contributed by atoms with Crippen LogP contribution in [-0.2, 0) is 23.1 Å². The maximum atomic E-state index is 11.1. The van der Waals surface area contributed by atoms with Crippen molar-refractivity contribution >= 4 is 26.0 Å². The summed E-state index contributed by atoms with van der Waals surface area (Å²) in [7, 11) is -3.21. The summed E-state index contributed by atoms with van der Waals surface area (Å²) in [5, 5.41) is 3.25. The first-order chi connectivity index (χ1) is 8.46. The molecule has 0 bridgehead atoms. The molecule has 5 nitrogen and oxygen atoms in total. The Hall–Kier alpha value is -0.630. The van der Waals surface area contributed by atoms with E-state index in [0.717, 1.165) is 40.7 Å². The van der Waals surface area contributed by atoms with Crippen LogP contribution in [0.25, 0.3) is 0 Å². The van der Waals surface area contributed by atoms with Crippen LogP contribution in [0.2, 0.25) is 0 Å². The van der Waals surface area contributed by atoms with Crippen molar-refractivity contribution in [3.05, 3.63) is 27.7 Å². The summed E-state index contributed by atoms with van der Waals surface area (Å²) in [4.78, 5) is 0. The number of hydrogen-bond acceptors (Lipinski definition) is 4. The zero-order valence-corrected chi connectivity index (χ0v) is 12.4. The third-order valence-corrected chi connectivity index (χ3v) is 3.70. The van der Waals surface area contributed by atoms with E-state index >= 15 is 0 Å². The third kappa shape index (κ3) is 3.68. The lowest BCUT2D eigenvalue weighted by Crippen LogP contribution is -2.21. The van der Waals surface area contributed by atoms with E-state index in [0.29, 0.717) is 6.61 Å². The zero-order valence-electron chi connectivity index (χ0n) is 9.99. The first-order valence-corrected chi connectivity index (χ1v) is 8.23. The van der Waals surface area contributed by atoms with Crippen molar-refractivity contribution in [3.8, 4) is 5.75 Å². The summed E-state index contributed by atoms with van der Waals surface area (Å²) in [5.74, 6) is 0.777. The van der Waals surface area contributed by atoms with E-state index in [-0.39, 0.29) is 6.54 Å². The van der Waals surface area contributed by atoms with Crippen LogP contribution in [0.1, 0.15) is 11.1 Å². The van der Waals surface area contributed by atoms with Crippen molar-refractivity contribution in [2.24, 2.45) is 0 Å². The van der Waals surface area contributed by atoms with Crippen LogP contribution in [0.15, 0.2) is 16.6 Å². The molecule has 0 saturated carbocycles. The predicted molar refractivity (Wildman–Crippen MR) is 73.0 cm³/mol. The second-order valence-electron chi connectivity index (χ2n) is 4.17. The molecule has 1 heterocycles. The number of fused-ring (bicyclic) bond motifs is 1. The number of benzene rings is 1. The van der Waals surface area contributed by atoms with Crippen LogP contribution in [-0.4, -0.2) is 27.8 Å². The molecule has 1 aliphatic heterocycles. The van der Waals surface area contributed by atoms with E-state index in [1.165, 1.54) is 0 Å². The van der Waals surface area contributed by atoms with Crippen molar-refractivity contribution in [3.63, 3.8) is 0 Å². The van der Waals surface area contributed by atoms with Gasteiger partial charge in [-0.25, -0.2) is 13.1 Å². The predicted octanol–water partition coefficient (Wildman–Crippen LogP) is 0.980. The van der Waals surface area contributed by atoms with Gasteiger partial charge < -0.3 is 10.1 Å². The molecule has 0 aromatic heterocycles. The highest BCUT2D eigenvalue weighted by atomic mass is 79.9. The minimum Gasteiger partial charge on any atom is -0.492 e. The molecule has 0 atom stereocenters. The van der Waals surface area contributed by atoms with Gasteiger partial charge in [0.05, 0.1) is 6.26 Å². The van der Waals surface area contributed by atoms with Crippen molar-refractivity contribution in [1.82, 2.24) is 10.0 Å². The van der Waals surface area contributed by atoms with Crippen LogP contribution in [0, 0.1) is 0 Å². The average Bonchev–Trinajstić information content (AvgIpc) is 2.49. The summed E-state index contributed by atoms with van der Waals surface area (Å²) < 4.78 is 31.4. The first-order valence-electron chi connectivity index (χ1n) is 5.55. The molecule has 0 fully saturated rings. The fourth-order valence-corrected chi connectivity index (χ4v) is 2.79. The summed E-state index contributed by atoms with van der Waals surface area (Å²) in [5.41, 5.74) is 1.88. The van der Waals surface area contributed by atoms with Gasteiger partial charge in [0, 0.05) is 35.2 Å². The molecule has 0 radical (unpaired) electrons.